The van der Waals surface area contributed by atoms with Crippen molar-refractivity contribution in [2.45, 2.75) is 19.8 Å². The fraction of sp³-hybridized carbons (Fsp3) is 0.278. The van der Waals surface area contributed by atoms with Crippen LogP contribution in [0.1, 0.15) is 29.0 Å². The van der Waals surface area contributed by atoms with Gasteiger partial charge in [-0.1, -0.05) is 6.07 Å². The lowest BCUT2D eigenvalue weighted by Gasteiger charge is -2.16. The molecule has 1 fully saturated rings. The Balaban J connectivity index is 1.55. The number of carbonyl (C=O) groups excluding carboxylic acids is 3. The molecule has 0 atom stereocenters. The Morgan fingerprint density at radius 1 is 1.27 bits per heavy atom. The van der Waals surface area contributed by atoms with Crippen molar-refractivity contribution in [2.75, 3.05) is 23.4 Å². The molecule has 1 aromatic heterocycles. The molecule has 0 saturated carbocycles. The summed E-state index contributed by atoms with van der Waals surface area (Å²) >= 11 is 0. The van der Waals surface area contributed by atoms with Crippen LogP contribution in [0.2, 0.25) is 0 Å². The number of hydrogen-bond acceptors (Lipinski definition) is 6. The van der Waals surface area contributed by atoms with Gasteiger partial charge in [0.05, 0.1) is 11.9 Å². The van der Waals surface area contributed by atoms with E-state index >= 15 is 0 Å². The van der Waals surface area contributed by atoms with E-state index in [2.05, 4.69) is 15.3 Å². The van der Waals surface area contributed by atoms with Crippen LogP contribution < -0.4 is 10.2 Å². The number of hydrogen-bond donors (Lipinski definition) is 1. The predicted octanol–water partition coefficient (Wildman–Crippen LogP) is 1.71. The average Bonchev–Trinajstić information content (AvgIpc) is 3.06. The number of aromatic nitrogens is 2. The van der Waals surface area contributed by atoms with E-state index in [-0.39, 0.29) is 11.6 Å². The largest absolute Gasteiger partial charge is 0.451 e. The fourth-order valence-electron chi connectivity index (χ4n) is 2.57. The second-order valence-corrected chi connectivity index (χ2v) is 5.87. The average molecular weight is 354 g/mol. The smallest absolute Gasteiger partial charge is 0.359 e. The van der Waals surface area contributed by atoms with Crippen LogP contribution in [0.5, 0.6) is 0 Å². The Morgan fingerprint density at radius 2 is 2.12 bits per heavy atom. The molecule has 0 unspecified atom stereocenters. The number of esters is 1. The molecule has 1 saturated heterocycles. The summed E-state index contributed by atoms with van der Waals surface area (Å²) in [7, 11) is 0. The van der Waals surface area contributed by atoms with Gasteiger partial charge in [0.2, 0.25) is 5.91 Å². The summed E-state index contributed by atoms with van der Waals surface area (Å²) in [5, 5.41) is 2.65. The van der Waals surface area contributed by atoms with E-state index in [4.69, 9.17) is 4.74 Å². The number of nitrogens with zero attached hydrogens (tertiary/aromatic N) is 3. The summed E-state index contributed by atoms with van der Waals surface area (Å²) < 4.78 is 4.93. The van der Waals surface area contributed by atoms with Gasteiger partial charge in [0.15, 0.2) is 12.3 Å². The Morgan fingerprint density at radius 3 is 2.81 bits per heavy atom. The summed E-state index contributed by atoms with van der Waals surface area (Å²) in [5.41, 5.74) is 1.98. The molecule has 1 aliphatic rings. The van der Waals surface area contributed by atoms with Crippen LogP contribution in [-0.2, 0) is 14.3 Å². The van der Waals surface area contributed by atoms with Crippen LogP contribution in [0.25, 0.3) is 0 Å². The van der Waals surface area contributed by atoms with Gasteiger partial charge in [-0.15, -0.1) is 0 Å². The second kappa shape index (κ2) is 7.73. The number of nitrogens with one attached hydrogen (secondary N) is 1. The third-order valence-electron chi connectivity index (χ3n) is 3.84. The van der Waals surface area contributed by atoms with Crippen molar-refractivity contribution < 1.29 is 19.1 Å². The van der Waals surface area contributed by atoms with Gasteiger partial charge in [0.1, 0.15) is 0 Å². The van der Waals surface area contributed by atoms with Crippen molar-refractivity contribution in [3.05, 3.63) is 48.0 Å². The maximum atomic E-state index is 12.0. The number of rotatable bonds is 5. The highest BCUT2D eigenvalue weighted by Crippen LogP contribution is 2.24. The molecule has 1 aliphatic heterocycles. The standard InChI is InChI=1S/C18H18N4O4/c1-12-9-20-15(10-19-12)18(25)26-11-16(23)21-13-4-2-5-14(8-13)22-7-3-6-17(22)24/h2,4-5,8-10H,3,6-7,11H2,1H3,(H,21,23). The molecule has 0 aliphatic carbocycles. The van der Waals surface area contributed by atoms with Gasteiger partial charge in [-0.2, -0.15) is 0 Å². The van der Waals surface area contributed by atoms with E-state index in [1.54, 1.807) is 30.0 Å². The monoisotopic (exact) mass is 354 g/mol. The quantitative estimate of drug-likeness (QED) is 0.820. The Labute approximate surface area is 150 Å². The van der Waals surface area contributed by atoms with Crippen LogP contribution in [0.15, 0.2) is 36.7 Å². The number of carbonyl (C=O) groups is 3. The first-order valence-corrected chi connectivity index (χ1v) is 8.19. The van der Waals surface area contributed by atoms with Gasteiger partial charge in [0, 0.05) is 30.5 Å². The van der Waals surface area contributed by atoms with Gasteiger partial charge >= 0.3 is 5.97 Å². The third kappa shape index (κ3) is 4.21. The lowest BCUT2D eigenvalue weighted by molar-refractivity contribution is -0.119. The molecule has 26 heavy (non-hydrogen) atoms. The van der Waals surface area contributed by atoms with E-state index < -0.39 is 18.5 Å². The van der Waals surface area contributed by atoms with Gasteiger partial charge in [0.25, 0.3) is 5.91 Å². The molecule has 8 nitrogen and oxygen atoms in total. The molecular weight excluding hydrogens is 336 g/mol. The molecule has 0 bridgehead atoms. The third-order valence-corrected chi connectivity index (χ3v) is 3.84. The minimum Gasteiger partial charge on any atom is -0.451 e. The molecule has 0 radical (unpaired) electrons. The highest BCUT2D eigenvalue weighted by atomic mass is 16.5. The first-order chi connectivity index (χ1) is 12.5. The Kier molecular flexibility index (Phi) is 5.21. The van der Waals surface area contributed by atoms with Crippen LogP contribution in [0.3, 0.4) is 0 Å². The lowest BCUT2D eigenvalue weighted by Crippen LogP contribution is -2.24. The molecule has 0 spiro atoms. The lowest BCUT2D eigenvalue weighted by atomic mass is 10.2. The first-order valence-electron chi connectivity index (χ1n) is 8.19. The van der Waals surface area contributed by atoms with Crippen molar-refractivity contribution in [1.82, 2.24) is 9.97 Å². The highest BCUT2D eigenvalue weighted by Gasteiger charge is 2.21. The minimum absolute atomic E-state index is 0.0398. The number of ether oxygens (including phenoxy) is 1. The summed E-state index contributed by atoms with van der Waals surface area (Å²) in [6.07, 6.45) is 4.11. The van der Waals surface area contributed by atoms with E-state index in [9.17, 15) is 14.4 Å². The van der Waals surface area contributed by atoms with E-state index in [0.29, 0.717) is 24.3 Å². The van der Waals surface area contributed by atoms with Gasteiger partial charge < -0.3 is 15.0 Å². The summed E-state index contributed by atoms with van der Waals surface area (Å²) in [6.45, 7) is 1.98. The molecule has 8 heteroatoms. The van der Waals surface area contributed by atoms with Crippen LogP contribution >= 0.6 is 0 Å². The summed E-state index contributed by atoms with van der Waals surface area (Å²) in [5.74, 6) is -1.13. The fourth-order valence-corrected chi connectivity index (χ4v) is 2.57. The van der Waals surface area contributed by atoms with Gasteiger partial charge in [-0.3, -0.25) is 14.6 Å². The normalized spacial score (nSPS) is 13.6. The predicted molar refractivity (Wildman–Crippen MR) is 93.7 cm³/mol. The molecule has 3 rings (SSSR count). The maximum Gasteiger partial charge on any atom is 0.359 e. The number of amides is 2. The number of anilines is 2. The van der Waals surface area contributed by atoms with Crippen molar-refractivity contribution in [2.24, 2.45) is 0 Å². The van der Waals surface area contributed by atoms with Crippen molar-refractivity contribution in [1.29, 1.82) is 0 Å². The second-order valence-electron chi connectivity index (χ2n) is 5.87. The van der Waals surface area contributed by atoms with Crippen LogP contribution in [0.4, 0.5) is 11.4 Å². The molecular formula is C18H18N4O4. The Hall–Kier alpha value is -3.29. The highest BCUT2D eigenvalue weighted by molar-refractivity contribution is 5.98. The zero-order valence-electron chi connectivity index (χ0n) is 14.3. The topological polar surface area (TPSA) is 101 Å². The zero-order valence-corrected chi connectivity index (χ0v) is 14.3. The summed E-state index contributed by atoms with van der Waals surface area (Å²) in [6, 6.07) is 6.99. The molecule has 1 N–H and O–H groups in total. The number of benzene rings is 1. The first kappa shape index (κ1) is 17.5. The van der Waals surface area contributed by atoms with E-state index in [1.807, 2.05) is 6.07 Å². The van der Waals surface area contributed by atoms with E-state index in [1.165, 1.54) is 12.4 Å². The maximum absolute atomic E-state index is 12.0. The van der Waals surface area contributed by atoms with Crippen LogP contribution in [-0.4, -0.2) is 40.9 Å². The molecule has 2 amide bonds. The van der Waals surface area contributed by atoms with Crippen molar-refractivity contribution in [3.8, 4) is 0 Å². The van der Waals surface area contributed by atoms with Crippen molar-refractivity contribution >= 4 is 29.2 Å². The number of aryl methyl sites for hydroxylation is 1. The van der Waals surface area contributed by atoms with Crippen molar-refractivity contribution in [3.63, 3.8) is 0 Å². The van der Waals surface area contributed by atoms with Gasteiger partial charge in [-0.05, 0) is 31.5 Å². The molecule has 2 heterocycles. The SMILES string of the molecule is Cc1cnc(C(=O)OCC(=O)Nc2cccc(N3CCCC3=O)c2)cn1. The molecule has 2 aromatic rings. The zero-order chi connectivity index (χ0) is 18.5. The molecule has 1 aromatic carbocycles. The minimum atomic E-state index is -0.718. The molecule has 134 valence electrons. The van der Waals surface area contributed by atoms with E-state index in [0.717, 1.165) is 12.1 Å². The van der Waals surface area contributed by atoms with Crippen LogP contribution in [0, 0.1) is 6.92 Å². The van der Waals surface area contributed by atoms with Gasteiger partial charge in [-0.25, -0.2) is 9.78 Å². The Bertz CT molecular complexity index is 835. The summed E-state index contributed by atoms with van der Waals surface area (Å²) in [4.78, 5) is 45.2.